The Balaban J connectivity index is 1.85. The van der Waals surface area contributed by atoms with Gasteiger partial charge in [0, 0.05) is 11.1 Å². The molecule has 0 amide bonds. The average molecular weight is 284 g/mol. The number of aromatic nitrogens is 2. The van der Waals surface area contributed by atoms with E-state index in [1.54, 1.807) is 18.1 Å². The van der Waals surface area contributed by atoms with Gasteiger partial charge < -0.3 is 5.32 Å². The molecule has 20 heavy (non-hydrogen) atoms. The monoisotopic (exact) mass is 284 g/mol. The smallest absolute Gasteiger partial charge is 0.118 e. The van der Waals surface area contributed by atoms with Gasteiger partial charge in [-0.1, -0.05) is 18.2 Å². The van der Waals surface area contributed by atoms with E-state index < -0.39 is 5.54 Å². The molecule has 102 valence electrons. The van der Waals surface area contributed by atoms with Crippen molar-refractivity contribution in [1.29, 1.82) is 5.26 Å². The van der Waals surface area contributed by atoms with Crippen LogP contribution < -0.4 is 5.32 Å². The molecule has 0 aliphatic heterocycles. The molecule has 1 N–H and O–H groups in total. The van der Waals surface area contributed by atoms with E-state index >= 15 is 0 Å². The molecule has 1 aliphatic rings. The topological polar surface area (TPSA) is 61.6 Å². The molecule has 1 atom stereocenters. The van der Waals surface area contributed by atoms with Gasteiger partial charge in [0.2, 0.25) is 0 Å². The maximum absolute atomic E-state index is 9.52. The summed E-state index contributed by atoms with van der Waals surface area (Å²) >= 11 is 1.64. The number of fused-ring (bicyclic) bond motifs is 1. The van der Waals surface area contributed by atoms with Gasteiger partial charge in [0.1, 0.15) is 16.9 Å². The minimum absolute atomic E-state index is 0.434. The molecule has 3 rings (SSSR count). The highest BCUT2D eigenvalue weighted by atomic mass is 32.2. The predicted molar refractivity (Wildman–Crippen MR) is 80.4 cm³/mol. The molecule has 1 aromatic carbocycles. The summed E-state index contributed by atoms with van der Waals surface area (Å²) in [6.07, 6.45) is 3.87. The fourth-order valence-electron chi connectivity index (χ4n) is 2.43. The fourth-order valence-corrected chi connectivity index (χ4v) is 3.69. The van der Waals surface area contributed by atoms with Crippen LogP contribution >= 0.6 is 11.8 Å². The molecule has 0 bridgehead atoms. The zero-order valence-electron chi connectivity index (χ0n) is 11.3. The standard InChI is InChI=1S/C15H16N4S/c1-17-15(8-16,11-6-7-11)9-20-14-12-4-2-3-5-13(12)18-10-19-14/h2-5,10-11,17H,6-7,9H2,1H3. The quantitative estimate of drug-likeness (QED) is 0.675. The van der Waals surface area contributed by atoms with Gasteiger partial charge in [-0.2, -0.15) is 5.26 Å². The van der Waals surface area contributed by atoms with E-state index in [4.69, 9.17) is 0 Å². The highest BCUT2D eigenvalue weighted by Crippen LogP contribution is 2.42. The van der Waals surface area contributed by atoms with Crippen LogP contribution in [-0.4, -0.2) is 28.3 Å². The Hall–Kier alpha value is -1.64. The molecule has 4 nitrogen and oxygen atoms in total. The van der Waals surface area contributed by atoms with Crippen molar-refractivity contribution in [3.8, 4) is 6.07 Å². The average Bonchev–Trinajstić information content (AvgIpc) is 3.34. The number of para-hydroxylation sites is 1. The van der Waals surface area contributed by atoms with Crippen LogP contribution in [0.2, 0.25) is 0 Å². The van der Waals surface area contributed by atoms with Crippen LogP contribution in [0.4, 0.5) is 0 Å². The number of nitrogens with one attached hydrogen (secondary N) is 1. The second kappa shape index (κ2) is 5.39. The summed E-state index contributed by atoms with van der Waals surface area (Å²) in [5.41, 5.74) is 0.514. The molecule has 0 spiro atoms. The Bertz CT molecular complexity index is 657. The third-order valence-corrected chi connectivity index (χ3v) is 5.06. The number of nitriles is 1. The van der Waals surface area contributed by atoms with Crippen molar-refractivity contribution in [2.75, 3.05) is 12.8 Å². The molecule has 1 fully saturated rings. The van der Waals surface area contributed by atoms with Crippen molar-refractivity contribution in [3.63, 3.8) is 0 Å². The Labute approximate surface area is 122 Å². The molecule has 1 saturated carbocycles. The van der Waals surface area contributed by atoms with E-state index in [0.717, 1.165) is 28.8 Å². The van der Waals surface area contributed by atoms with Crippen molar-refractivity contribution in [2.24, 2.45) is 5.92 Å². The molecule has 0 saturated heterocycles. The molecule has 1 unspecified atom stereocenters. The summed E-state index contributed by atoms with van der Waals surface area (Å²) in [4.78, 5) is 8.64. The lowest BCUT2D eigenvalue weighted by molar-refractivity contribution is 0.441. The normalized spacial score (nSPS) is 17.6. The van der Waals surface area contributed by atoms with E-state index in [0.29, 0.717) is 11.7 Å². The lowest BCUT2D eigenvalue weighted by atomic mass is 9.98. The van der Waals surface area contributed by atoms with Crippen molar-refractivity contribution >= 4 is 22.7 Å². The predicted octanol–water partition coefficient (Wildman–Crippen LogP) is 2.61. The van der Waals surface area contributed by atoms with Crippen LogP contribution in [0.1, 0.15) is 12.8 Å². The van der Waals surface area contributed by atoms with E-state index in [-0.39, 0.29) is 0 Å². The van der Waals surface area contributed by atoms with Crippen LogP contribution in [-0.2, 0) is 0 Å². The lowest BCUT2D eigenvalue weighted by Gasteiger charge is -2.25. The highest BCUT2D eigenvalue weighted by Gasteiger charge is 2.44. The van der Waals surface area contributed by atoms with Gasteiger partial charge in [-0.25, -0.2) is 9.97 Å². The third-order valence-electron chi connectivity index (χ3n) is 3.86. The number of hydrogen-bond donors (Lipinski definition) is 1. The number of hydrogen-bond acceptors (Lipinski definition) is 5. The molecule has 1 aromatic heterocycles. The maximum Gasteiger partial charge on any atom is 0.118 e. The van der Waals surface area contributed by atoms with Gasteiger partial charge in [0.15, 0.2) is 0 Å². The molecule has 0 radical (unpaired) electrons. The largest absolute Gasteiger partial charge is 0.302 e. The lowest BCUT2D eigenvalue weighted by Crippen LogP contribution is -2.46. The van der Waals surface area contributed by atoms with Crippen LogP contribution in [0.25, 0.3) is 10.9 Å². The van der Waals surface area contributed by atoms with Gasteiger partial charge in [0.05, 0.1) is 11.6 Å². The van der Waals surface area contributed by atoms with Crippen molar-refractivity contribution in [1.82, 2.24) is 15.3 Å². The van der Waals surface area contributed by atoms with Gasteiger partial charge in [0.25, 0.3) is 0 Å². The first-order valence-corrected chi connectivity index (χ1v) is 7.70. The first-order valence-electron chi connectivity index (χ1n) is 6.72. The minimum Gasteiger partial charge on any atom is -0.302 e. The van der Waals surface area contributed by atoms with Crippen molar-refractivity contribution in [2.45, 2.75) is 23.4 Å². The second-order valence-corrected chi connectivity index (χ2v) is 6.06. The van der Waals surface area contributed by atoms with E-state index in [9.17, 15) is 5.26 Å². The van der Waals surface area contributed by atoms with Crippen LogP contribution in [0.15, 0.2) is 35.6 Å². The molecule has 1 aliphatic carbocycles. The summed E-state index contributed by atoms with van der Waals surface area (Å²) in [6, 6.07) is 10.4. The Kier molecular flexibility index (Phi) is 3.60. The highest BCUT2D eigenvalue weighted by molar-refractivity contribution is 7.99. The summed E-state index contributed by atoms with van der Waals surface area (Å²) in [7, 11) is 1.88. The fraction of sp³-hybridized carbons (Fsp3) is 0.400. The molecular weight excluding hydrogens is 268 g/mol. The SMILES string of the molecule is CNC(C#N)(CSc1ncnc2ccccc12)C1CC1. The maximum atomic E-state index is 9.52. The molecular formula is C15H16N4S. The first-order chi connectivity index (χ1) is 9.79. The Morgan fingerprint density at radius 2 is 2.20 bits per heavy atom. The Morgan fingerprint density at radius 3 is 2.90 bits per heavy atom. The molecule has 1 heterocycles. The minimum atomic E-state index is -0.434. The molecule has 5 heteroatoms. The first kappa shape index (κ1) is 13.3. The van der Waals surface area contributed by atoms with Crippen molar-refractivity contribution in [3.05, 3.63) is 30.6 Å². The molecule has 2 aromatic rings. The summed E-state index contributed by atoms with van der Waals surface area (Å²) in [5, 5.41) is 14.7. The van der Waals surface area contributed by atoms with Gasteiger partial charge in [-0.05, 0) is 31.9 Å². The number of benzene rings is 1. The Morgan fingerprint density at radius 1 is 1.40 bits per heavy atom. The third kappa shape index (κ3) is 2.37. The second-order valence-electron chi connectivity index (χ2n) is 5.09. The van der Waals surface area contributed by atoms with Gasteiger partial charge in [-0.15, -0.1) is 11.8 Å². The van der Waals surface area contributed by atoms with Crippen LogP contribution in [0.3, 0.4) is 0 Å². The van der Waals surface area contributed by atoms with E-state index in [1.807, 2.05) is 31.3 Å². The van der Waals surface area contributed by atoms with E-state index in [2.05, 4.69) is 21.4 Å². The summed E-state index contributed by atoms with van der Waals surface area (Å²) < 4.78 is 0. The zero-order valence-corrected chi connectivity index (χ0v) is 12.2. The number of thioether (sulfide) groups is 1. The van der Waals surface area contributed by atoms with Gasteiger partial charge >= 0.3 is 0 Å². The van der Waals surface area contributed by atoms with E-state index in [1.165, 1.54) is 0 Å². The number of rotatable bonds is 5. The van der Waals surface area contributed by atoms with Crippen molar-refractivity contribution < 1.29 is 0 Å². The number of nitrogens with zero attached hydrogens (tertiary/aromatic N) is 3. The summed E-state index contributed by atoms with van der Waals surface area (Å²) in [5.74, 6) is 1.18. The summed E-state index contributed by atoms with van der Waals surface area (Å²) in [6.45, 7) is 0. The van der Waals surface area contributed by atoms with Crippen LogP contribution in [0, 0.1) is 17.2 Å². The van der Waals surface area contributed by atoms with Crippen LogP contribution in [0.5, 0.6) is 0 Å². The zero-order chi connectivity index (χ0) is 14.0. The van der Waals surface area contributed by atoms with Gasteiger partial charge in [-0.3, -0.25) is 0 Å².